The van der Waals surface area contributed by atoms with Gasteiger partial charge >= 0.3 is 17.9 Å². The molecule has 0 fully saturated rings. The molecule has 0 aromatic carbocycles. The van der Waals surface area contributed by atoms with Gasteiger partial charge < -0.3 is 14.2 Å². The van der Waals surface area contributed by atoms with E-state index in [4.69, 9.17) is 14.2 Å². The molecule has 6 heteroatoms. The zero-order chi connectivity index (χ0) is 44.4. The van der Waals surface area contributed by atoms with Crippen LogP contribution >= 0.6 is 0 Å². The van der Waals surface area contributed by atoms with Gasteiger partial charge in [0.15, 0.2) is 6.10 Å². The maximum absolute atomic E-state index is 12.7. The molecule has 0 radical (unpaired) electrons. The van der Waals surface area contributed by atoms with Gasteiger partial charge in [-0.05, 0) is 51.4 Å². The lowest BCUT2D eigenvalue weighted by molar-refractivity contribution is -0.167. The fourth-order valence-corrected chi connectivity index (χ4v) is 6.09. The lowest BCUT2D eigenvalue weighted by Gasteiger charge is -2.18. The zero-order valence-corrected chi connectivity index (χ0v) is 38.9. The van der Waals surface area contributed by atoms with Crippen LogP contribution in [0, 0.1) is 0 Å². The zero-order valence-electron chi connectivity index (χ0n) is 38.9. The number of carbonyl (C=O) groups excluding carboxylic acids is 3. The normalized spacial score (nSPS) is 13.2. The Kier molecular flexibility index (Phi) is 45.1. The first-order valence-electron chi connectivity index (χ1n) is 24.2. The molecule has 0 spiro atoms. The van der Waals surface area contributed by atoms with Gasteiger partial charge in [-0.3, -0.25) is 14.4 Å². The van der Waals surface area contributed by atoms with Crippen molar-refractivity contribution >= 4 is 17.9 Å². The molecule has 0 heterocycles. The lowest BCUT2D eigenvalue weighted by atomic mass is 10.0. The summed E-state index contributed by atoms with van der Waals surface area (Å²) in [4.78, 5) is 37.8. The maximum Gasteiger partial charge on any atom is 0.306 e. The molecule has 1 unspecified atom stereocenters. The molecule has 0 bridgehead atoms. The molecule has 0 saturated heterocycles. The number of carbonyl (C=O) groups is 3. The first kappa shape index (κ1) is 56.8. The van der Waals surface area contributed by atoms with Crippen molar-refractivity contribution in [3.8, 4) is 0 Å². The highest BCUT2D eigenvalue weighted by atomic mass is 16.6. The largest absolute Gasteiger partial charge is 0.462 e. The summed E-state index contributed by atoms with van der Waals surface area (Å²) < 4.78 is 16.7. The molecular formula is C55H86O6. The van der Waals surface area contributed by atoms with Gasteiger partial charge in [-0.25, -0.2) is 0 Å². The molecular weight excluding hydrogens is 757 g/mol. The standard InChI is InChI=1S/C55H86O6/c1-4-7-10-13-16-19-22-25-26-27-28-29-31-33-36-39-42-45-48-54(57)60-51-52(50-59-53(56)47-44-41-38-35-32-24-21-18-15-12-9-6-3)61-55(58)49-46-43-40-37-34-30-23-20-17-14-11-8-5-2/h8,10-11,13-14,16-17,19-20,22-23,25-30,34,37,40,52H,4-7,9,12,15,18,21,24,31-33,35-36,38-39,41-51H2,1-3H3/b11-8-,13-10-,17-14-,19-16-,23-20-,25-22-,27-26-,29-28-,34-30-,40-37-. The first-order valence-corrected chi connectivity index (χ1v) is 24.2. The molecule has 1 atom stereocenters. The fourth-order valence-electron chi connectivity index (χ4n) is 6.09. The predicted octanol–water partition coefficient (Wildman–Crippen LogP) is 15.7. The monoisotopic (exact) mass is 843 g/mol. The van der Waals surface area contributed by atoms with Gasteiger partial charge in [0.2, 0.25) is 0 Å². The van der Waals surface area contributed by atoms with Gasteiger partial charge in [0, 0.05) is 19.3 Å². The second kappa shape index (κ2) is 48.5. The highest BCUT2D eigenvalue weighted by Crippen LogP contribution is 2.14. The van der Waals surface area contributed by atoms with E-state index in [1.807, 2.05) is 91.1 Å². The molecule has 0 aromatic heterocycles. The molecule has 0 aliphatic carbocycles. The highest BCUT2D eigenvalue weighted by molar-refractivity contribution is 5.71. The Bertz CT molecular complexity index is 1340. The van der Waals surface area contributed by atoms with Crippen LogP contribution in [0.15, 0.2) is 122 Å². The Labute approximate surface area is 373 Å². The van der Waals surface area contributed by atoms with Gasteiger partial charge in [-0.15, -0.1) is 0 Å². The third-order valence-corrected chi connectivity index (χ3v) is 9.69. The van der Waals surface area contributed by atoms with Gasteiger partial charge in [0.05, 0.1) is 0 Å². The average molecular weight is 843 g/mol. The van der Waals surface area contributed by atoms with Crippen LogP contribution in [0.3, 0.4) is 0 Å². The van der Waals surface area contributed by atoms with Gasteiger partial charge in [-0.1, -0.05) is 239 Å². The molecule has 61 heavy (non-hydrogen) atoms. The van der Waals surface area contributed by atoms with E-state index in [9.17, 15) is 14.4 Å². The number of hydrogen-bond acceptors (Lipinski definition) is 6. The van der Waals surface area contributed by atoms with Crippen LogP contribution in [0.4, 0.5) is 0 Å². The summed E-state index contributed by atoms with van der Waals surface area (Å²) >= 11 is 0. The topological polar surface area (TPSA) is 78.9 Å². The Morgan fingerprint density at radius 1 is 0.344 bits per heavy atom. The van der Waals surface area contributed by atoms with Crippen LogP contribution in [0.25, 0.3) is 0 Å². The number of unbranched alkanes of at least 4 members (excludes halogenated alkanes) is 18. The van der Waals surface area contributed by atoms with Crippen LogP contribution in [0.1, 0.15) is 188 Å². The van der Waals surface area contributed by atoms with Crippen LogP contribution < -0.4 is 0 Å². The average Bonchev–Trinajstić information content (AvgIpc) is 3.26. The third kappa shape index (κ3) is 46.7. The Morgan fingerprint density at radius 3 is 1.11 bits per heavy atom. The number of rotatable bonds is 41. The Morgan fingerprint density at radius 2 is 0.689 bits per heavy atom. The molecule has 0 rings (SSSR count). The van der Waals surface area contributed by atoms with E-state index in [1.165, 1.54) is 64.2 Å². The van der Waals surface area contributed by atoms with Crippen molar-refractivity contribution < 1.29 is 28.6 Å². The summed E-state index contributed by atoms with van der Waals surface area (Å²) in [6.45, 7) is 6.29. The molecule has 0 amide bonds. The predicted molar refractivity (Wildman–Crippen MR) is 260 cm³/mol. The fraction of sp³-hybridized carbons (Fsp3) is 0.582. The minimum atomic E-state index is -0.826. The van der Waals surface area contributed by atoms with Gasteiger partial charge in [-0.2, -0.15) is 0 Å². The van der Waals surface area contributed by atoms with Crippen molar-refractivity contribution in [1.82, 2.24) is 0 Å². The summed E-state index contributed by atoms with van der Waals surface area (Å²) in [6.07, 6.45) is 66.1. The third-order valence-electron chi connectivity index (χ3n) is 9.69. The molecule has 0 saturated carbocycles. The molecule has 0 aromatic rings. The minimum absolute atomic E-state index is 0.117. The molecule has 0 aliphatic rings. The second-order valence-corrected chi connectivity index (χ2v) is 15.5. The van der Waals surface area contributed by atoms with Crippen LogP contribution in [0.5, 0.6) is 0 Å². The first-order chi connectivity index (χ1) is 30.0. The minimum Gasteiger partial charge on any atom is -0.462 e. The van der Waals surface area contributed by atoms with E-state index in [2.05, 4.69) is 51.2 Å². The SMILES string of the molecule is CC\C=C/C=C\C=C/C=C\C=C/CCCC(=O)OC(COC(=O)CCCCCCC\C=C/C=C\C=C/C=C\C=C/CCC)COC(=O)CCCCCCCCCCCCCC. The number of allylic oxidation sites excluding steroid dienone is 20. The van der Waals surface area contributed by atoms with Crippen molar-refractivity contribution in [1.29, 1.82) is 0 Å². The number of esters is 3. The molecule has 342 valence electrons. The van der Waals surface area contributed by atoms with Crippen LogP contribution in [-0.4, -0.2) is 37.2 Å². The summed E-state index contributed by atoms with van der Waals surface area (Å²) in [7, 11) is 0. The van der Waals surface area contributed by atoms with E-state index in [1.54, 1.807) is 0 Å². The lowest BCUT2D eigenvalue weighted by Crippen LogP contribution is -2.30. The van der Waals surface area contributed by atoms with Crippen molar-refractivity contribution in [3.05, 3.63) is 122 Å². The quantitative estimate of drug-likeness (QED) is 0.0264. The maximum atomic E-state index is 12.7. The molecule has 6 nitrogen and oxygen atoms in total. The second-order valence-electron chi connectivity index (χ2n) is 15.5. The van der Waals surface area contributed by atoms with Crippen molar-refractivity contribution in [2.45, 2.75) is 194 Å². The van der Waals surface area contributed by atoms with Crippen molar-refractivity contribution in [3.63, 3.8) is 0 Å². The number of ether oxygens (including phenoxy) is 3. The van der Waals surface area contributed by atoms with Crippen LogP contribution in [-0.2, 0) is 28.6 Å². The highest BCUT2D eigenvalue weighted by Gasteiger charge is 2.19. The summed E-state index contributed by atoms with van der Waals surface area (Å²) in [5, 5.41) is 0. The van der Waals surface area contributed by atoms with E-state index < -0.39 is 12.1 Å². The molecule has 0 aliphatic heterocycles. The van der Waals surface area contributed by atoms with Crippen molar-refractivity contribution in [2.75, 3.05) is 13.2 Å². The summed E-state index contributed by atoms with van der Waals surface area (Å²) in [6, 6.07) is 0. The summed E-state index contributed by atoms with van der Waals surface area (Å²) in [5.74, 6) is -1.03. The molecule has 0 N–H and O–H groups in total. The Balaban J connectivity index is 4.55. The van der Waals surface area contributed by atoms with E-state index in [-0.39, 0.29) is 31.6 Å². The number of hydrogen-bond donors (Lipinski definition) is 0. The summed E-state index contributed by atoms with van der Waals surface area (Å²) in [5.41, 5.74) is 0. The van der Waals surface area contributed by atoms with E-state index >= 15 is 0 Å². The van der Waals surface area contributed by atoms with Gasteiger partial charge in [0.1, 0.15) is 13.2 Å². The van der Waals surface area contributed by atoms with E-state index in [0.29, 0.717) is 19.3 Å². The van der Waals surface area contributed by atoms with E-state index in [0.717, 1.165) is 77.0 Å². The Hall–Kier alpha value is -4.19. The van der Waals surface area contributed by atoms with Crippen LogP contribution in [0.2, 0.25) is 0 Å². The smallest absolute Gasteiger partial charge is 0.306 e. The van der Waals surface area contributed by atoms with Gasteiger partial charge in [0.25, 0.3) is 0 Å². The van der Waals surface area contributed by atoms with Crippen molar-refractivity contribution in [2.24, 2.45) is 0 Å².